The van der Waals surface area contributed by atoms with Crippen LogP contribution in [-0.2, 0) is 13.1 Å². The Kier molecular flexibility index (Phi) is 5.46. The second kappa shape index (κ2) is 7.11. The van der Waals surface area contributed by atoms with Crippen LogP contribution < -0.4 is 5.32 Å². The minimum Gasteiger partial charge on any atom is -0.468 e. The fourth-order valence-electron chi connectivity index (χ4n) is 2.89. The van der Waals surface area contributed by atoms with Crippen LogP contribution >= 0.6 is 0 Å². The van der Waals surface area contributed by atoms with Crippen molar-refractivity contribution in [3.05, 3.63) is 23.7 Å². The molecule has 1 aromatic heterocycles. The minimum absolute atomic E-state index is 0.515. The summed E-state index contributed by atoms with van der Waals surface area (Å²) in [5.74, 6) is 1.15. The Labute approximate surface area is 117 Å². The fraction of sp³-hybridized carbons (Fsp3) is 0.750. The van der Waals surface area contributed by atoms with Gasteiger partial charge in [-0.1, -0.05) is 27.2 Å². The molecule has 19 heavy (non-hydrogen) atoms. The lowest BCUT2D eigenvalue weighted by atomic mass is 9.99. The molecule has 0 aromatic carbocycles. The van der Waals surface area contributed by atoms with Gasteiger partial charge in [0.2, 0.25) is 0 Å². The zero-order valence-corrected chi connectivity index (χ0v) is 12.6. The van der Waals surface area contributed by atoms with E-state index in [0.29, 0.717) is 6.04 Å². The Morgan fingerprint density at radius 2 is 2.26 bits per heavy atom. The van der Waals surface area contributed by atoms with Gasteiger partial charge in [0.05, 0.1) is 12.8 Å². The van der Waals surface area contributed by atoms with Gasteiger partial charge in [0.25, 0.3) is 0 Å². The summed E-state index contributed by atoms with van der Waals surface area (Å²) < 4.78 is 5.71. The number of furan rings is 1. The van der Waals surface area contributed by atoms with Gasteiger partial charge in [0.1, 0.15) is 5.76 Å². The van der Waals surface area contributed by atoms with Crippen molar-refractivity contribution in [2.45, 2.75) is 71.6 Å². The minimum atomic E-state index is 0.515. The van der Waals surface area contributed by atoms with Crippen LogP contribution in [0.15, 0.2) is 16.7 Å². The highest BCUT2D eigenvalue weighted by atomic mass is 16.3. The molecule has 0 amide bonds. The van der Waals surface area contributed by atoms with E-state index >= 15 is 0 Å². The molecule has 1 fully saturated rings. The predicted molar refractivity (Wildman–Crippen MR) is 79.0 cm³/mol. The maximum atomic E-state index is 5.71. The molecule has 2 rings (SSSR count). The van der Waals surface area contributed by atoms with Gasteiger partial charge in [0.15, 0.2) is 0 Å². The van der Waals surface area contributed by atoms with Crippen LogP contribution in [0.1, 0.15) is 57.8 Å². The number of rotatable bonds is 6. The zero-order valence-electron chi connectivity index (χ0n) is 12.6. The first-order valence-corrected chi connectivity index (χ1v) is 7.73. The molecule has 1 aliphatic heterocycles. The molecule has 1 aromatic rings. The van der Waals surface area contributed by atoms with E-state index in [4.69, 9.17) is 4.42 Å². The highest BCUT2D eigenvalue weighted by molar-refractivity contribution is 5.17. The normalized spacial score (nSPS) is 21.2. The molecule has 0 spiro atoms. The van der Waals surface area contributed by atoms with E-state index in [0.717, 1.165) is 24.9 Å². The van der Waals surface area contributed by atoms with E-state index in [1.54, 1.807) is 0 Å². The lowest BCUT2D eigenvalue weighted by Crippen LogP contribution is -2.38. The van der Waals surface area contributed by atoms with Crippen LogP contribution in [0.4, 0.5) is 0 Å². The molecule has 1 saturated heterocycles. The zero-order chi connectivity index (χ0) is 13.7. The monoisotopic (exact) mass is 264 g/mol. The molecule has 0 radical (unpaired) electrons. The molecule has 0 saturated carbocycles. The summed E-state index contributed by atoms with van der Waals surface area (Å²) in [6.07, 6.45) is 7.14. The second-order valence-electron chi connectivity index (χ2n) is 5.93. The Morgan fingerprint density at radius 1 is 1.42 bits per heavy atom. The van der Waals surface area contributed by atoms with Crippen molar-refractivity contribution in [3.8, 4) is 0 Å². The van der Waals surface area contributed by atoms with Gasteiger partial charge in [0, 0.05) is 24.2 Å². The van der Waals surface area contributed by atoms with Crippen LogP contribution in [0, 0.1) is 0 Å². The van der Waals surface area contributed by atoms with Gasteiger partial charge < -0.3 is 9.73 Å². The van der Waals surface area contributed by atoms with Crippen molar-refractivity contribution in [3.63, 3.8) is 0 Å². The molecule has 1 unspecified atom stereocenters. The van der Waals surface area contributed by atoms with Gasteiger partial charge in [-0.15, -0.1) is 0 Å². The van der Waals surface area contributed by atoms with Crippen molar-refractivity contribution >= 4 is 0 Å². The van der Waals surface area contributed by atoms with E-state index in [2.05, 4.69) is 37.1 Å². The SMILES string of the molecule is CCC1CCCCN1Cc1occc1CNC(C)C. The van der Waals surface area contributed by atoms with E-state index in [1.807, 2.05) is 6.26 Å². The third kappa shape index (κ3) is 4.08. The van der Waals surface area contributed by atoms with Gasteiger partial charge >= 0.3 is 0 Å². The van der Waals surface area contributed by atoms with E-state index < -0.39 is 0 Å². The number of hydrogen-bond donors (Lipinski definition) is 1. The third-order valence-corrected chi connectivity index (χ3v) is 4.11. The summed E-state index contributed by atoms with van der Waals surface area (Å²) in [4.78, 5) is 2.60. The van der Waals surface area contributed by atoms with Crippen molar-refractivity contribution < 1.29 is 4.42 Å². The average Bonchev–Trinajstić information content (AvgIpc) is 2.84. The predicted octanol–water partition coefficient (Wildman–Crippen LogP) is 3.54. The van der Waals surface area contributed by atoms with Gasteiger partial charge in [-0.25, -0.2) is 0 Å². The summed E-state index contributed by atoms with van der Waals surface area (Å²) in [6.45, 7) is 9.76. The molecule has 2 heterocycles. The topological polar surface area (TPSA) is 28.4 Å². The molecule has 3 nitrogen and oxygen atoms in total. The first kappa shape index (κ1) is 14.6. The van der Waals surface area contributed by atoms with Crippen LogP contribution in [0.25, 0.3) is 0 Å². The Balaban J connectivity index is 1.96. The molecule has 108 valence electrons. The number of piperidine rings is 1. The lowest BCUT2D eigenvalue weighted by Gasteiger charge is -2.34. The highest BCUT2D eigenvalue weighted by Crippen LogP contribution is 2.23. The van der Waals surface area contributed by atoms with Gasteiger partial charge in [-0.3, -0.25) is 4.90 Å². The first-order chi connectivity index (χ1) is 9.20. The standard InChI is InChI=1S/C16H28N2O/c1-4-15-7-5-6-9-18(15)12-16-14(8-10-19-16)11-17-13(2)3/h8,10,13,15,17H,4-7,9,11-12H2,1-3H3. The molecular weight excluding hydrogens is 236 g/mol. The molecule has 1 aliphatic rings. The average molecular weight is 264 g/mol. The Bertz CT molecular complexity index is 373. The van der Waals surface area contributed by atoms with Gasteiger partial charge in [-0.05, 0) is 31.9 Å². The number of nitrogens with one attached hydrogen (secondary N) is 1. The molecule has 1 N–H and O–H groups in total. The summed E-state index contributed by atoms with van der Waals surface area (Å²) in [6, 6.07) is 3.36. The van der Waals surface area contributed by atoms with Crippen LogP contribution in [0.5, 0.6) is 0 Å². The molecule has 0 aliphatic carbocycles. The molecule has 1 atom stereocenters. The maximum Gasteiger partial charge on any atom is 0.122 e. The largest absolute Gasteiger partial charge is 0.468 e. The third-order valence-electron chi connectivity index (χ3n) is 4.11. The first-order valence-electron chi connectivity index (χ1n) is 7.73. The van der Waals surface area contributed by atoms with Gasteiger partial charge in [-0.2, -0.15) is 0 Å². The van der Waals surface area contributed by atoms with E-state index in [1.165, 1.54) is 37.8 Å². The quantitative estimate of drug-likeness (QED) is 0.852. The van der Waals surface area contributed by atoms with Crippen LogP contribution in [0.2, 0.25) is 0 Å². The number of hydrogen-bond acceptors (Lipinski definition) is 3. The van der Waals surface area contributed by atoms with Crippen molar-refractivity contribution in [1.29, 1.82) is 0 Å². The van der Waals surface area contributed by atoms with Crippen LogP contribution in [0.3, 0.4) is 0 Å². The molecule has 0 bridgehead atoms. The summed E-state index contributed by atoms with van der Waals surface area (Å²) in [5.41, 5.74) is 1.31. The smallest absolute Gasteiger partial charge is 0.122 e. The van der Waals surface area contributed by atoms with E-state index in [9.17, 15) is 0 Å². The maximum absolute atomic E-state index is 5.71. The van der Waals surface area contributed by atoms with Crippen LogP contribution in [-0.4, -0.2) is 23.5 Å². The number of likely N-dealkylation sites (tertiary alicyclic amines) is 1. The fourth-order valence-corrected chi connectivity index (χ4v) is 2.89. The summed E-state index contributed by atoms with van der Waals surface area (Å²) in [5, 5.41) is 3.47. The van der Waals surface area contributed by atoms with Crippen molar-refractivity contribution in [1.82, 2.24) is 10.2 Å². The van der Waals surface area contributed by atoms with E-state index in [-0.39, 0.29) is 0 Å². The van der Waals surface area contributed by atoms with Crippen molar-refractivity contribution in [2.24, 2.45) is 0 Å². The summed E-state index contributed by atoms with van der Waals surface area (Å²) in [7, 11) is 0. The summed E-state index contributed by atoms with van der Waals surface area (Å²) >= 11 is 0. The lowest BCUT2D eigenvalue weighted by molar-refractivity contribution is 0.126. The Morgan fingerprint density at radius 3 is 3.00 bits per heavy atom. The molecule has 3 heteroatoms. The highest BCUT2D eigenvalue weighted by Gasteiger charge is 2.22. The number of nitrogens with zero attached hydrogens (tertiary/aromatic N) is 1. The molecular formula is C16H28N2O. The second-order valence-corrected chi connectivity index (χ2v) is 5.93. The Hall–Kier alpha value is -0.800. The van der Waals surface area contributed by atoms with Crippen molar-refractivity contribution in [2.75, 3.05) is 6.54 Å².